The van der Waals surface area contributed by atoms with Crippen LogP contribution < -0.4 is 10.6 Å². The maximum Gasteiger partial charge on any atom is 0.318 e. The summed E-state index contributed by atoms with van der Waals surface area (Å²) in [6, 6.07) is 17.6. The quantitative estimate of drug-likeness (QED) is 0.445. The summed E-state index contributed by atoms with van der Waals surface area (Å²) in [5, 5.41) is 5.99. The molecule has 10 heteroatoms. The molecule has 0 unspecified atom stereocenters. The fraction of sp³-hybridized carbons (Fsp3) is 0.484. The van der Waals surface area contributed by atoms with Crippen molar-refractivity contribution >= 4 is 22.0 Å². The first kappa shape index (κ1) is 30.7. The average molecular weight is 583 g/mol. The van der Waals surface area contributed by atoms with E-state index in [0.717, 1.165) is 11.1 Å². The zero-order valence-electron chi connectivity index (χ0n) is 24.0. The third-order valence-electron chi connectivity index (χ3n) is 7.34. The Morgan fingerprint density at radius 3 is 2.20 bits per heavy atom. The van der Waals surface area contributed by atoms with E-state index in [-0.39, 0.29) is 17.9 Å². The van der Waals surface area contributed by atoms with Crippen LogP contribution in [0, 0.1) is 5.92 Å². The first-order chi connectivity index (χ1) is 19.7. The first-order valence-corrected chi connectivity index (χ1v) is 15.9. The molecule has 0 aliphatic carbocycles. The van der Waals surface area contributed by atoms with Crippen LogP contribution >= 0.6 is 0 Å². The molecule has 4 rings (SSSR count). The third kappa shape index (κ3) is 8.89. The molecule has 0 aromatic heterocycles. The number of morpholine rings is 1. The van der Waals surface area contributed by atoms with Gasteiger partial charge in [0.2, 0.25) is 15.9 Å². The van der Waals surface area contributed by atoms with Crippen LogP contribution in [0.25, 0.3) is 0 Å². The van der Waals surface area contributed by atoms with Gasteiger partial charge in [-0.05, 0) is 48.8 Å². The van der Waals surface area contributed by atoms with E-state index in [0.29, 0.717) is 70.0 Å². The standard InChI is InChI=1S/C31H42N4O5S/c1-24(2)20-29(33-31(37)34-16-18-40-19-17-34)30(36)32-27(21-25-10-5-3-6-11-25)22-28-14-9-15-35(41(28,38)39)23-26-12-7-4-8-13-26/h3-8,10-13,22,24,27,29H,9,14-21,23H2,1-2H3,(H,32,36)(H,33,37)/b28-22+/t27-,29-/m0/s1. The molecule has 3 amide bonds. The number of hydrogen-bond acceptors (Lipinski definition) is 5. The van der Waals surface area contributed by atoms with Gasteiger partial charge in [-0.1, -0.05) is 74.5 Å². The number of nitrogens with zero attached hydrogens (tertiary/aromatic N) is 2. The predicted octanol–water partition coefficient (Wildman–Crippen LogP) is 3.68. The predicted molar refractivity (Wildman–Crippen MR) is 159 cm³/mol. The molecule has 0 bridgehead atoms. The number of hydrogen-bond donors (Lipinski definition) is 2. The van der Waals surface area contributed by atoms with E-state index in [9.17, 15) is 18.0 Å². The van der Waals surface area contributed by atoms with E-state index in [4.69, 9.17) is 4.74 Å². The fourth-order valence-electron chi connectivity index (χ4n) is 5.20. The summed E-state index contributed by atoms with van der Waals surface area (Å²) in [7, 11) is -3.70. The normalized spacial score (nSPS) is 20.0. The number of sulfonamides is 1. The summed E-state index contributed by atoms with van der Waals surface area (Å²) in [6.07, 6.45) is 3.71. The minimum atomic E-state index is -3.70. The molecular weight excluding hydrogens is 540 g/mol. The minimum Gasteiger partial charge on any atom is -0.378 e. The van der Waals surface area contributed by atoms with E-state index >= 15 is 0 Å². The monoisotopic (exact) mass is 582 g/mol. The summed E-state index contributed by atoms with van der Waals surface area (Å²) in [6.45, 7) is 6.65. The van der Waals surface area contributed by atoms with E-state index in [2.05, 4.69) is 10.6 Å². The molecule has 2 saturated heterocycles. The molecule has 2 aromatic rings. The van der Waals surface area contributed by atoms with Crippen LogP contribution in [0.2, 0.25) is 0 Å². The van der Waals surface area contributed by atoms with Crippen molar-refractivity contribution in [3.8, 4) is 0 Å². The molecule has 2 aliphatic heterocycles. The topological polar surface area (TPSA) is 108 Å². The van der Waals surface area contributed by atoms with Gasteiger partial charge in [-0.2, -0.15) is 4.31 Å². The minimum absolute atomic E-state index is 0.159. The summed E-state index contributed by atoms with van der Waals surface area (Å²) in [5.41, 5.74) is 1.90. The second-order valence-electron chi connectivity index (χ2n) is 11.1. The van der Waals surface area contributed by atoms with E-state index in [1.54, 1.807) is 11.0 Å². The van der Waals surface area contributed by atoms with Crippen LogP contribution in [0.1, 0.15) is 44.2 Å². The van der Waals surface area contributed by atoms with Crippen LogP contribution in [-0.2, 0) is 32.5 Å². The third-order valence-corrected chi connectivity index (χ3v) is 9.33. The Hall–Kier alpha value is -3.21. The lowest BCUT2D eigenvalue weighted by molar-refractivity contribution is -0.123. The molecule has 2 aromatic carbocycles. The van der Waals surface area contributed by atoms with Gasteiger partial charge in [0.15, 0.2) is 0 Å². The van der Waals surface area contributed by atoms with Crippen molar-refractivity contribution in [3.63, 3.8) is 0 Å². The molecule has 41 heavy (non-hydrogen) atoms. The summed E-state index contributed by atoms with van der Waals surface area (Å²) < 4.78 is 34.2. The number of allylic oxidation sites excluding steroid dienone is 1. The Morgan fingerprint density at radius 1 is 0.927 bits per heavy atom. The van der Waals surface area contributed by atoms with Crippen molar-refractivity contribution in [3.05, 3.63) is 82.8 Å². The highest BCUT2D eigenvalue weighted by Crippen LogP contribution is 2.27. The maximum atomic E-state index is 13.7. The Kier molecular flexibility index (Phi) is 11.0. The van der Waals surface area contributed by atoms with Crippen LogP contribution in [-0.4, -0.2) is 74.5 Å². The molecule has 2 aliphatic rings. The molecule has 0 radical (unpaired) electrons. The number of carbonyl (C=O) groups excluding carboxylic acids is 2. The van der Waals surface area contributed by atoms with Gasteiger partial charge in [0.25, 0.3) is 0 Å². The summed E-state index contributed by atoms with van der Waals surface area (Å²) >= 11 is 0. The number of rotatable bonds is 10. The SMILES string of the molecule is CC(C)C[C@H](NC(=O)N1CCOCC1)C(=O)N[C@H](/C=C1\CCCN(Cc2ccccc2)S1(=O)=O)Cc1ccccc1. The first-order valence-electron chi connectivity index (χ1n) is 14.4. The molecule has 0 spiro atoms. The molecule has 222 valence electrons. The summed E-state index contributed by atoms with van der Waals surface area (Å²) in [5.74, 6) is -0.167. The van der Waals surface area contributed by atoms with Gasteiger partial charge in [-0.15, -0.1) is 0 Å². The van der Waals surface area contributed by atoms with Crippen molar-refractivity contribution in [2.45, 2.75) is 58.2 Å². The van der Waals surface area contributed by atoms with Crippen molar-refractivity contribution < 1.29 is 22.7 Å². The van der Waals surface area contributed by atoms with Gasteiger partial charge in [0, 0.05) is 26.2 Å². The van der Waals surface area contributed by atoms with Crippen LogP contribution in [0.4, 0.5) is 4.79 Å². The second-order valence-corrected chi connectivity index (χ2v) is 13.1. The molecule has 2 atom stereocenters. The molecular formula is C31H42N4O5S. The highest BCUT2D eigenvalue weighted by atomic mass is 32.2. The van der Waals surface area contributed by atoms with Crippen molar-refractivity contribution in [1.29, 1.82) is 0 Å². The highest BCUT2D eigenvalue weighted by Gasteiger charge is 2.32. The van der Waals surface area contributed by atoms with Crippen molar-refractivity contribution in [2.24, 2.45) is 5.92 Å². The number of amides is 3. The molecule has 2 heterocycles. The number of benzene rings is 2. The van der Waals surface area contributed by atoms with Gasteiger partial charge in [-0.25, -0.2) is 13.2 Å². The van der Waals surface area contributed by atoms with Crippen molar-refractivity contribution in [1.82, 2.24) is 19.8 Å². The largest absolute Gasteiger partial charge is 0.378 e. The molecule has 0 saturated carbocycles. The Bertz CT molecular complexity index is 1280. The smallest absolute Gasteiger partial charge is 0.318 e. The number of ether oxygens (including phenoxy) is 1. The van der Waals surface area contributed by atoms with E-state index in [1.165, 1.54) is 4.31 Å². The van der Waals surface area contributed by atoms with Crippen molar-refractivity contribution in [2.75, 3.05) is 32.8 Å². The molecule has 9 nitrogen and oxygen atoms in total. The Morgan fingerprint density at radius 2 is 1.56 bits per heavy atom. The van der Waals surface area contributed by atoms with E-state index in [1.807, 2.05) is 74.5 Å². The second kappa shape index (κ2) is 14.6. The van der Waals surface area contributed by atoms with Gasteiger partial charge in [-0.3, -0.25) is 4.79 Å². The van der Waals surface area contributed by atoms with Crippen LogP contribution in [0.5, 0.6) is 0 Å². The Balaban J connectivity index is 1.55. The average Bonchev–Trinajstić information content (AvgIpc) is 2.96. The maximum absolute atomic E-state index is 13.7. The molecule has 2 N–H and O–H groups in total. The van der Waals surface area contributed by atoms with Gasteiger partial charge >= 0.3 is 6.03 Å². The fourth-order valence-corrected chi connectivity index (χ4v) is 6.96. The lowest BCUT2D eigenvalue weighted by Gasteiger charge is -2.31. The van der Waals surface area contributed by atoms with Crippen LogP contribution in [0.3, 0.4) is 0 Å². The zero-order valence-corrected chi connectivity index (χ0v) is 24.8. The van der Waals surface area contributed by atoms with Gasteiger partial charge in [0.1, 0.15) is 6.04 Å². The highest BCUT2D eigenvalue weighted by molar-refractivity contribution is 7.93. The number of urea groups is 1. The number of nitrogens with one attached hydrogen (secondary N) is 2. The van der Waals surface area contributed by atoms with E-state index < -0.39 is 22.1 Å². The number of carbonyl (C=O) groups is 2. The lowest BCUT2D eigenvalue weighted by atomic mass is 10.0. The lowest BCUT2D eigenvalue weighted by Crippen LogP contribution is -2.55. The van der Waals surface area contributed by atoms with Gasteiger partial charge < -0.3 is 20.3 Å². The van der Waals surface area contributed by atoms with Gasteiger partial charge in [0.05, 0.1) is 24.2 Å². The Labute approximate surface area is 244 Å². The van der Waals surface area contributed by atoms with Crippen LogP contribution in [0.15, 0.2) is 71.6 Å². The zero-order chi connectivity index (χ0) is 29.2. The molecule has 2 fully saturated rings. The summed E-state index contributed by atoms with van der Waals surface area (Å²) in [4.78, 5) is 28.6.